The highest BCUT2D eigenvalue weighted by atomic mass is 16.5. The summed E-state index contributed by atoms with van der Waals surface area (Å²) in [6.07, 6.45) is 12.8. The third kappa shape index (κ3) is 26.5. The van der Waals surface area contributed by atoms with Gasteiger partial charge >= 0.3 is 30.4 Å². The predicted octanol–water partition coefficient (Wildman–Crippen LogP) is 24.6. The maximum atomic E-state index is 15.1. The van der Waals surface area contributed by atoms with Gasteiger partial charge in [-0.2, -0.15) is 15.8 Å². The number of anilines is 1. The number of rotatable bonds is 49. The van der Waals surface area contributed by atoms with Crippen LogP contribution in [0.25, 0.3) is 32.5 Å². The topological polar surface area (TPSA) is 284 Å². The molecule has 5 atom stereocenters. The third-order valence-electron chi connectivity index (χ3n) is 26.2. The molecule has 0 aliphatic carbocycles. The Morgan fingerprint density at radius 3 is 1.47 bits per heavy atom. The van der Waals surface area contributed by atoms with Crippen LogP contribution in [0.4, 0.5) is 5.69 Å². The second kappa shape index (κ2) is 48.6. The Bertz CT molecular complexity index is 6280. The number of allylic oxidation sites excluding steroid dienone is 4. The lowest BCUT2D eigenvalue weighted by molar-refractivity contribution is -0.145. The number of Topliss-reactive ketones (excluding diaryl/α,β-unsaturated/α-hetero) is 2. The van der Waals surface area contributed by atoms with Gasteiger partial charge in [-0.1, -0.05) is 224 Å². The van der Waals surface area contributed by atoms with Crippen LogP contribution in [0.1, 0.15) is 227 Å². The first-order valence-corrected chi connectivity index (χ1v) is 46.8. The van der Waals surface area contributed by atoms with Gasteiger partial charge in [0, 0.05) is 71.3 Å². The number of methoxy groups -OCH3 is 1. The molecule has 11 aromatic carbocycles. The zero-order chi connectivity index (χ0) is 98.2. The molecule has 1 N–H and O–H groups in total. The van der Waals surface area contributed by atoms with E-state index in [4.69, 9.17) is 44.5 Å². The lowest BCUT2D eigenvalue weighted by Crippen LogP contribution is -2.53. The standard InChI is InChI=1S/C116H121N6O15/c1-14-18-26-80(16-3)75-132-101-64-83(65-102(69-101)133-76-81(17-4)27-19-15-2)73-121-109(91(70-117)71-118)105(72-119)90(74-123)39-36-82-37-48-96(49-38-82)122(12)62-63-131-107(125)58-60-114(8,92-40-50-97(130-13)51-41-92)93-42-54-99(55-43-93)136-112(129)89-33-25-31-87(68-89)110(127)113(6,7)116(10,78-120-11)137-100-56-46-95(47-57-100)115(9,94-44-52-98(53-45-94)135-111(128)88-32-24-30-84(66-88)79(5)124)61-59-108(126)134-77-106-103-34-22-20-28-85(103)67-86-29-21-23-35-104(86)106/h11,20-25,28-57,64-69,74,80-81,121H,14-19,26-27,58-63,73,75-78H2,1-10,12-13H3/q+1/b39-36+,105-90-. The Labute approximate surface area is 804 Å². The van der Waals surface area contributed by atoms with Crippen LogP contribution in [0.15, 0.2) is 271 Å². The largest absolute Gasteiger partial charge is 0.497 e. The number of unbranched alkanes of at least 4 members (excludes halogenated alkanes) is 2. The molecule has 11 aromatic rings. The van der Waals surface area contributed by atoms with Gasteiger partial charge in [0.15, 0.2) is 29.0 Å². The Balaban J connectivity index is 0.716. The second-order valence-electron chi connectivity index (χ2n) is 35.8. The van der Waals surface area contributed by atoms with Crippen molar-refractivity contribution >= 4 is 75.0 Å². The smallest absolute Gasteiger partial charge is 0.343 e. The number of ketones is 2. The predicted molar refractivity (Wildman–Crippen MR) is 536 cm³/mol. The number of fused-ring (bicyclic) bond motifs is 2. The van der Waals surface area contributed by atoms with E-state index in [-0.39, 0.29) is 108 Å². The minimum Gasteiger partial charge on any atom is -0.497 e. The van der Waals surface area contributed by atoms with Crippen molar-refractivity contribution in [3.05, 3.63) is 337 Å². The lowest BCUT2D eigenvalue weighted by atomic mass is 9.70. The molecule has 21 heteroatoms. The van der Waals surface area contributed by atoms with Crippen molar-refractivity contribution in [1.82, 2.24) is 5.32 Å². The third-order valence-corrected chi connectivity index (χ3v) is 26.2. The minimum atomic E-state index is -1.39. The van der Waals surface area contributed by atoms with Crippen molar-refractivity contribution in [3.8, 4) is 59.3 Å². The summed E-state index contributed by atoms with van der Waals surface area (Å²) in [5.41, 5.74) is 2.22. The molecule has 0 spiro atoms. The fraction of sp³-hybridized carbons (Fsp3) is 0.319. The Morgan fingerprint density at radius 2 is 1.01 bits per heavy atom. The number of nitrogens with one attached hydrogen (secondary N) is 1. The molecular formula is C116H121N6O15+. The fourth-order valence-electron chi connectivity index (χ4n) is 16.8. The fourth-order valence-corrected chi connectivity index (χ4v) is 16.8. The van der Waals surface area contributed by atoms with Gasteiger partial charge in [0.25, 0.3) is 6.57 Å². The Kier molecular flexibility index (Phi) is 36.3. The molecule has 0 aliphatic rings. The van der Waals surface area contributed by atoms with Crippen LogP contribution in [0.3, 0.4) is 0 Å². The number of hydrogen-bond acceptors (Lipinski definition) is 20. The van der Waals surface area contributed by atoms with E-state index in [0.29, 0.717) is 78.4 Å². The summed E-state index contributed by atoms with van der Waals surface area (Å²) in [7, 11) is 3.45. The maximum absolute atomic E-state index is 15.1. The number of carbonyl (C=O) groups excluding carboxylic acids is 7. The summed E-state index contributed by atoms with van der Waals surface area (Å²) in [5.74, 6) is 0.758. The van der Waals surface area contributed by atoms with Crippen LogP contribution in [-0.4, -0.2) is 94.4 Å². The van der Waals surface area contributed by atoms with Gasteiger partial charge in [-0.3, -0.25) is 24.0 Å². The maximum Gasteiger partial charge on any atom is 0.343 e. The zero-order valence-corrected chi connectivity index (χ0v) is 80.4. The van der Waals surface area contributed by atoms with Gasteiger partial charge in [-0.15, -0.1) is 0 Å². The molecule has 11 rings (SSSR count). The summed E-state index contributed by atoms with van der Waals surface area (Å²) in [6, 6.07) is 78.8. The SMILES string of the molecule is C#[N+]CC(C)(Oc1ccc(C(C)(CCC(=O)OCc2c3ccccc3cc3ccccc23)c2ccc(OC(=O)c3cccc(C(C)=O)c3)cc2)cc1)C(C)(C)C(=O)c1cccc(C(=O)Oc2ccc(C(C)(CCC(=O)OCCN(C)c3ccc(/C=C/C(C=O)=C(\C#N)C(NCc4cc(OCC(CC)CCCC)cc(OCC(CC)CCCC)c4)=C(C#N)C#N)cc3)c3ccc(OC)cc3)cc2)c1. The first kappa shape index (κ1) is 102. The molecular weight excluding hydrogens is 1720 g/mol. The van der Waals surface area contributed by atoms with E-state index < -0.39 is 45.7 Å². The van der Waals surface area contributed by atoms with Gasteiger partial charge in [0.05, 0.1) is 54.7 Å². The highest BCUT2D eigenvalue weighted by molar-refractivity contribution is 6.04. The monoisotopic (exact) mass is 1840 g/mol. The Morgan fingerprint density at radius 1 is 0.533 bits per heavy atom. The zero-order valence-electron chi connectivity index (χ0n) is 80.4. The highest BCUT2D eigenvalue weighted by Crippen LogP contribution is 2.44. The van der Waals surface area contributed by atoms with Gasteiger partial charge < -0.3 is 48.1 Å². The van der Waals surface area contributed by atoms with Crippen molar-refractivity contribution < 1.29 is 71.5 Å². The summed E-state index contributed by atoms with van der Waals surface area (Å²) in [6.45, 7) is 26.8. The average molecular weight is 1840 g/mol. The molecule has 0 aliphatic heterocycles. The van der Waals surface area contributed by atoms with Crippen LogP contribution in [0, 0.1) is 57.8 Å². The number of nitrogens with zero attached hydrogens (tertiary/aromatic N) is 5. The van der Waals surface area contributed by atoms with Crippen molar-refractivity contribution in [3.63, 3.8) is 0 Å². The normalized spacial score (nSPS) is 13.2. The van der Waals surface area contributed by atoms with E-state index in [2.05, 4.69) is 50.0 Å². The molecule has 0 fully saturated rings. The van der Waals surface area contributed by atoms with Gasteiger partial charge in [-0.25, -0.2) is 9.59 Å². The van der Waals surface area contributed by atoms with Crippen LogP contribution < -0.4 is 38.6 Å². The molecule has 0 heterocycles. The summed E-state index contributed by atoms with van der Waals surface area (Å²) in [5, 5.41) is 38.2. The number of esters is 4. The number of likely N-dealkylation sites (N-methyl/N-ethyl adjacent to an activating group) is 1. The van der Waals surface area contributed by atoms with E-state index >= 15 is 4.79 Å². The van der Waals surface area contributed by atoms with Crippen LogP contribution in [0.2, 0.25) is 0 Å². The molecule has 0 bridgehead atoms. The van der Waals surface area contributed by atoms with Crippen LogP contribution >= 0.6 is 0 Å². The molecule has 0 amide bonds. The first-order valence-electron chi connectivity index (χ1n) is 46.8. The molecule has 704 valence electrons. The van der Waals surface area contributed by atoms with Crippen molar-refractivity contribution in [2.24, 2.45) is 17.3 Å². The number of benzene rings is 11. The highest BCUT2D eigenvalue weighted by Gasteiger charge is 2.53. The van der Waals surface area contributed by atoms with E-state index in [1.165, 1.54) is 25.1 Å². The molecule has 0 saturated heterocycles. The molecule has 0 radical (unpaired) electrons. The van der Waals surface area contributed by atoms with Gasteiger partial charge in [0.2, 0.25) is 0 Å². The molecule has 0 aromatic heterocycles. The Hall–Kier alpha value is -15.2. The van der Waals surface area contributed by atoms with Gasteiger partial charge in [-0.05, 0) is 229 Å². The van der Waals surface area contributed by atoms with Crippen molar-refractivity contribution in [2.75, 3.05) is 52.0 Å². The lowest BCUT2D eigenvalue weighted by Gasteiger charge is -2.39. The summed E-state index contributed by atoms with van der Waals surface area (Å²) >= 11 is 0. The molecule has 137 heavy (non-hydrogen) atoms. The minimum absolute atomic E-state index is 0.0228. The molecule has 0 saturated carbocycles. The van der Waals surface area contributed by atoms with E-state index in [9.17, 15) is 44.6 Å². The first-order chi connectivity index (χ1) is 66.1. The number of nitriles is 3. The number of ether oxygens (including phenoxy) is 8. The number of carbonyl (C=O) groups is 7. The molecule has 5 unspecified atom stereocenters. The summed E-state index contributed by atoms with van der Waals surface area (Å²) in [4.78, 5) is 102. The quantitative estimate of drug-likeness (QED) is 0.00542. The van der Waals surface area contributed by atoms with Crippen LogP contribution in [-0.2, 0) is 47.8 Å². The number of hydrogen-bond donors (Lipinski definition) is 1. The van der Waals surface area contributed by atoms with Crippen molar-refractivity contribution in [2.45, 2.75) is 176 Å². The van der Waals surface area contributed by atoms with E-state index in [1.807, 2.05) is 190 Å². The van der Waals surface area contributed by atoms with Crippen molar-refractivity contribution in [1.29, 1.82) is 15.8 Å². The van der Waals surface area contributed by atoms with E-state index in [0.717, 1.165) is 112 Å². The van der Waals surface area contributed by atoms with E-state index in [1.54, 1.807) is 107 Å². The van der Waals surface area contributed by atoms with Crippen LogP contribution in [0.5, 0.6) is 34.5 Å². The average Bonchev–Trinajstić information content (AvgIpc) is 0.829. The second-order valence-corrected chi connectivity index (χ2v) is 35.8. The molecule has 21 nitrogen and oxygen atoms in total. The van der Waals surface area contributed by atoms with Gasteiger partial charge in [0.1, 0.15) is 65.9 Å². The number of aldehydes is 1. The summed E-state index contributed by atoms with van der Waals surface area (Å²) < 4.78 is 49.0.